The minimum Gasteiger partial charge on any atom is -0.456 e. The number of aliphatic hydroxyl groups excluding tert-OH is 1. The second-order valence-electron chi connectivity index (χ2n) is 4.23. The zero-order valence-corrected chi connectivity index (χ0v) is 12.1. The van der Waals surface area contributed by atoms with Gasteiger partial charge in [-0.2, -0.15) is 18.4 Å². The van der Waals surface area contributed by atoms with E-state index in [9.17, 15) is 17.6 Å². The van der Waals surface area contributed by atoms with Crippen molar-refractivity contribution in [2.75, 3.05) is 7.18 Å². The summed E-state index contributed by atoms with van der Waals surface area (Å²) in [6.45, 7) is -0.238. The second kappa shape index (κ2) is 8.15. The van der Waals surface area contributed by atoms with Gasteiger partial charge in [0.05, 0.1) is 24.9 Å². The highest BCUT2D eigenvalue weighted by atomic mass is 19.4. The summed E-state index contributed by atoms with van der Waals surface area (Å²) < 4.78 is 52.7. The number of aliphatic hydroxyl groups is 1. The number of rotatable bonds is 3. The van der Waals surface area contributed by atoms with Crippen LogP contribution in [0, 0.1) is 11.3 Å². The van der Waals surface area contributed by atoms with Crippen molar-refractivity contribution >= 4 is 0 Å². The molecule has 0 saturated heterocycles. The molecule has 2 aromatic rings. The van der Waals surface area contributed by atoms with E-state index in [4.69, 9.17) is 15.1 Å². The Hall–Kier alpha value is -2.59. The Morgan fingerprint density at radius 2 is 1.83 bits per heavy atom. The molecule has 0 aliphatic heterocycles. The number of benzene rings is 2. The van der Waals surface area contributed by atoms with Gasteiger partial charge in [-0.25, -0.2) is 0 Å². The Morgan fingerprint density at radius 3 is 2.39 bits per heavy atom. The lowest BCUT2D eigenvalue weighted by Gasteiger charge is -2.11. The van der Waals surface area contributed by atoms with Gasteiger partial charge in [0.2, 0.25) is 0 Å². The lowest BCUT2D eigenvalue weighted by atomic mass is 10.1. The van der Waals surface area contributed by atoms with E-state index in [2.05, 4.69) is 0 Å². The predicted molar refractivity (Wildman–Crippen MR) is 75.6 cm³/mol. The second-order valence-corrected chi connectivity index (χ2v) is 4.23. The topological polar surface area (TPSA) is 53.2 Å². The zero-order valence-electron chi connectivity index (χ0n) is 12.1. The van der Waals surface area contributed by atoms with Crippen LogP contribution in [0.15, 0.2) is 42.5 Å². The Morgan fingerprint density at radius 1 is 1.13 bits per heavy atom. The number of hydrogen-bond acceptors (Lipinski definition) is 3. The molecular formula is C16H13F4NO2. The van der Waals surface area contributed by atoms with Crippen LogP contribution in [0.3, 0.4) is 0 Å². The highest BCUT2D eigenvalue weighted by Crippen LogP contribution is 2.33. The maximum Gasteiger partial charge on any atom is 0.416 e. The minimum atomic E-state index is -4.46. The Labute approximate surface area is 130 Å². The van der Waals surface area contributed by atoms with E-state index in [1.807, 2.05) is 6.07 Å². The monoisotopic (exact) mass is 327 g/mol. The molecule has 7 heteroatoms. The number of hydrogen-bond donors (Lipinski definition) is 1. The zero-order chi connectivity index (χ0) is 17.5. The van der Waals surface area contributed by atoms with Gasteiger partial charge in [0.15, 0.2) is 0 Å². The summed E-state index contributed by atoms with van der Waals surface area (Å²) >= 11 is 0. The van der Waals surface area contributed by atoms with E-state index in [1.54, 1.807) is 0 Å². The molecule has 23 heavy (non-hydrogen) atoms. The molecule has 0 unspecified atom stereocenters. The van der Waals surface area contributed by atoms with E-state index >= 15 is 0 Å². The third-order valence-corrected chi connectivity index (χ3v) is 2.74. The molecule has 0 bridgehead atoms. The smallest absolute Gasteiger partial charge is 0.416 e. The summed E-state index contributed by atoms with van der Waals surface area (Å²) in [5, 5.41) is 18.0. The van der Waals surface area contributed by atoms with Gasteiger partial charge in [0, 0.05) is 0 Å². The van der Waals surface area contributed by atoms with Crippen molar-refractivity contribution in [3.63, 3.8) is 0 Å². The van der Waals surface area contributed by atoms with Crippen molar-refractivity contribution in [3.8, 4) is 17.6 Å². The maximum absolute atomic E-state index is 12.6. The predicted octanol–water partition coefficient (Wildman–Crippen LogP) is 4.45. The average Bonchev–Trinajstić information content (AvgIpc) is 2.56. The minimum absolute atomic E-state index is 0.0157. The molecule has 122 valence electrons. The molecule has 1 N–H and O–H groups in total. The summed E-state index contributed by atoms with van der Waals surface area (Å²) in [6, 6.07) is 10.7. The van der Waals surface area contributed by atoms with Crippen molar-refractivity contribution < 1.29 is 27.4 Å². The normalized spacial score (nSPS) is 10.3. The molecule has 3 nitrogen and oxygen atoms in total. The standard InChI is InChI=1S/C15H10F3NO2.CH3F/c16-15(17,18)12-2-1-3-13(7-12)21-14-5-4-10(9-20)6-11(14)8-19;1-2/h1-7,20H,9H2;1H3. The number of ether oxygens (including phenoxy) is 1. The highest BCUT2D eigenvalue weighted by molar-refractivity contribution is 5.47. The molecule has 0 saturated carbocycles. The first-order valence-electron chi connectivity index (χ1n) is 6.31. The van der Waals surface area contributed by atoms with Gasteiger partial charge in [-0.1, -0.05) is 12.1 Å². The van der Waals surface area contributed by atoms with Crippen LogP contribution in [0.5, 0.6) is 11.5 Å². The first-order chi connectivity index (χ1) is 10.9. The van der Waals surface area contributed by atoms with Crippen LogP contribution < -0.4 is 4.74 Å². The van der Waals surface area contributed by atoms with Gasteiger partial charge in [0.1, 0.15) is 17.6 Å². The molecule has 2 rings (SSSR count). The van der Waals surface area contributed by atoms with Gasteiger partial charge >= 0.3 is 6.18 Å². The fourth-order valence-electron chi connectivity index (χ4n) is 1.71. The molecule has 0 aliphatic carbocycles. The van der Waals surface area contributed by atoms with Gasteiger partial charge in [-0.3, -0.25) is 4.39 Å². The summed E-state index contributed by atoms with van der Waals surface area (Å²) in [6.07, 6.45) is -4.46. The van der Waals surface area contributed by atoms with Crippen LogP contribution in [0.2, 0.25) is 0 Å². The molecule has 0 atom stereocenters. The van der Waals surface area contributed by atoms with Gasteiger partial charge in [0.25, 0.3) is 0 Å². The Kier molecular flexibility index (Phi) is 6.54. The van der Waals surface area contributed by atoms with E-state index in [-0.39, 0.29) is 23.7 Å². The van der Waals surface area contributed by atoms with Crippen LogP contribution in [-0.4, -0.2) is 12.3 Å². The summed E-state index contributed by atoms with van der Waals surface area (Å²) in [7, 11) is 0.500. The average molecular weight is 327 g/mol. The van der Waals surface area contributed by atoms with E-state index in [1.165, 1.54) is 30.3 Å². The van der Waals surface area contributed by atoms with Crippen LogP contribution >= 0.6 is 0 Å². The Bertz CT molecular complexity index is 693. The molecule has 2 aromatic carbocycles. The quantitative estimate of drug-likeness (QED) is 0.848. The van der Waals surface area contributed by atoms with Gasteiger partial charge in [-0.15, -0.1) is 0 Å². The molecule has 0 heterocycles. The lowest BCUT2D eigenvalue weighted by Crippen LogP contribution is -2.04. The lowest BCUT2D eigenvalue weighted by molar-refractivity contribution is -0.137. The molecule has 0 amide bonds. The fraction of sp³-hybridized carbons (Fsp3) is 0.188. The van der Waals surface area contributed by atoms with Crippen LogP contribution in [-0.2, 0) is 12.8 Å². The first kappa shape index (κ1) is 18.5. The number of halogens is 4. The fourth-order valence-corrected chi connectivity index (χ4v) is 1.71. The molecule has 0 spiro atoms. The number of alkyl halides is 4. The SMILES string of the molecule is CF.N#Cc1cc(CO)ccc1Oc1cccc(C(F)(F)F)c1. The van der Waals surface area contributed by atoms with E-state index in [0.717, 1.165) is 12.1 Å². The van der Waals surface area contributed by atoms with Gasteiger partial charge < -0.3 is 9.84 Å². The summed E-state index contributed by atoms with van der Waals surface area (Å²) in [5.74, 6) is 0.118. The van der Waals surface area contributed by atoms with Crippen molar-refractivity contribution in [3.05, 3.63) is 59.2 Å². The van der Waals surface area contributed by atoms with E-state index < -0.39 is 11.7 Å². The number of nitrogens with zero attached hydrogens (tertiary/aromatic N) is 1. The number of nitriles is 1. The molecule has 0 aliphatic rings. The first-order valence-corrected chi connectivity index (χ1v) is 6.31. The van der Waals surface area contributed by atoms with Crippen molar-refractivity contribution in [1.29, 1.82) is 5.26 Å². The Balaban J connectivity index is 0.00000127. The maximum atomic E-state index is 12.6. The largest absolute Gasteiger partial charge is 0.456 e. The van der Waals surface area contributed by atoms with Gasteiger partial charge in [-0.05, 0) is 35.9 Å². The van der Waals surface area contributed by atoms with Crippen molar-refractivity contribution in [2.45, 2.75) is 12.8 Å². The molecule has 0 aromatic heterocycles. The van der Waals surface area contributed by atoms with Crippen LogP contribution in [0.4, 0.5) is 17.6 Å². The van der Waals surface area contributed by atoms with Crippen LogP contribution in [0.1, 0.15) is 16.7 Å². The van der Waals surface area contributed by atoms with Crippen LogP contribution in [0.25, 0.3) is 0 Å². The highest BCUT2D eigenvalue weighted by Gasteiger charge is 2.30. The van der Waals surface area contributed by atoms with Crippen molar-refractivity contribution in [1.82, 2.24) is 0 Å². The molecule has 0 fully saturated rings. The van der Waals surface area contributed by atoms with Crippen molar-refractivity contribution in [2.24, 2.45) is 0 Å². The summed E-state index contributed by atoms with van der Waals surface area (Å²) in [5.41, 5.74) is -0.174. The third-order valence-electron chi connectivity index (χ3n) is 2.74. The van der Waals surface area contributed by atoms with E-state index in [0.29, 0.717) is 12.7 Å². The third kappa shape index (κ3) is 4.97. The molecular weight excluding hydrogens is 314 g/mol. The summed E-state index contributed by atoms with van der Waals surface area (Å²) in [4.78, 5) is 0. The molecule has 0 radical (unpaired) electrons.